The zero-order valence-corrected chi connectivity index (χ0v) is 14.3. The molecule has 0 saturated heterocycles. The lowest BCUT2D eigenvalue weighted by Crippen LogP contribution is -2.42. The number of carbonyl (C=O) groups is 2. The smallest absolute Gasteiger partial charge is 0.230 e. The summed E-state index contributed by atoms with van der Waals surface area (Å²) in [7, 11) is 0. The number of aromatic nitrogens is 2. The Morgan fingerprint density at radius 3 is 2.56 bits per heavy atom. The number of aryl methyl sites for hydroxylation is 1. The van der Waals surface area contributed by atoms with Gasteiger partial charge in [-0.1, -0.05) is 13.0 Å². The van der Waals surface area contributed by atoms with Crippen molar-refractivity contribution in [2.45, 2.75) is 32.7 Å². The van der Waals surface area contributed by atoms with E-state index in [-0.39, 0.29) is 29.4 Å². The molecule has 0 fully saturated rings. The maximum absolute atomic E-state index is 12.2. The molecule has 0 saturated carbocycles. The molecule has 2 rings (SSSR count). The van der Waals surface area contributed by atoms with E-state index in [1.807, 2.05) is 18.2 Å². The van der Waals surface area contributed by atoms with Crippen LogP contribution < -0.4 is 10.6 Å². The summed E-state index contributed by atoms with van der Waals surface area (Å²) in [4.78, 5) is 32.4. The lowest BCUT2D eigenvalue weighted by Gasteiger charge is -2.20. The molecule has 0 unspecified atom stereocenters. The summed E-state index contributed by atoms with van der Waals surface area (Å²) in [6.07, 6.45) is 4.01. The minimum atomic E-state index is -0.486. The standard InChI is InChI=1S/C18H22N4O3/c1-12(18(25)22-17-15(23)7-5-11-20-17)13(2)21-16(24)9-8-14-6-3-4-10-19-14/h3-7,10-13,23H,8-9H2,1-2H3,(H,21,24)(H,20,22,25)/t12-,13-/m1/s1. The van der Waals surface area contributed by atoms with E-state index in [1.165, 1.54) is 12.3 Å². The monoisotopic (exact) mass is 342 g/mol. The number of anilines is 1. The first-order valence-corrected chi connectivity index (χ1v) is 8.11. The first-order chi connectivity index (χ1) is 12.0. The Labute approximate surface area is 146 Å². The number of pyridine rings is 2. The highest BCUT2D eigenvalue weighted by Crippen LogP contribution is 2.19. The van der Waals surface area contributed by atoms with E-state index < -0.39 is 5.92 Å². The molecule has 0 aliphatic heterocycles. The van der Waals surface area contributed by atoms with Gasteiger partial charge in [0.2, 0.25) is 11.8 Å². The van der Waals surface area contributed by atoms with E-state index in [2.05, 4.69) is 20.6 Å². The molecule has 0 aliphatic rings. The number of aromatic hydroxyl groups is 1. The number of hydrogen-bond acceptors (Lipinski definition) is 5. The molecule has 2 amide bonds. The van der Waals surface area contributed by atoms with E-state index in [9.17, 15) is 14.7 Å². The number of hydrogen-bond donors (Lipinski definition) is 3. The lowest BCUT2D eigenvalue weighted by molar-refractivity contribution is -0.123. The van der Waals surface area contributed by atoms with Crippen LogP contribution in [0.25, 0.3) is 0 Å². The van der Waals surface area contributed by atoms with E-state index in [0.717, 1.165) is 5.69 Å². The van der Waals surface area contributed by atoms with Crippen LogP contribution in [0.1, 0.15) is 26.0 Å². The Bertz CT molecular complexity index is 721. The SMILES string of the molecule is C[C@@H](NC(=O)CCc1ccccn1)[C@@H](C)C(=O)Nc1ncccc1O. The maximum atomic E-state index is 12.2. The van der Waals surface area contributed by atoms with Gasteiger partial charge in [0.1, 0.15) is 0 Å². The second-order valence-electron chi connectivity index (χ2n) is 5.83. The van der Waals surface area contributed by atoms with Crippen LogP contribution in [0, 0.1) is 5.92 Å². The number of carbonyl (C=O) groups excluding carboxylic acids is 2. The van der Waals surface area contributed by atoms with Gasteiger partial charge in [-0.2, -0.15) is 0 Å². The Balaban J connectivity index is 1.82. The quantitative estimate of drug-likeness (QED) is 0.713. The topological polar surface area (TPSA) is 104 Å². The van der Waals surface area contributed by atoms with Gasteiger partial charge in [-0.05, 0) is 37.6 Å². The van der Waals surface area contributed by atoms with Crippen molar-refractivity contribution >= 4 is 17.6 Å². The number of amides is 2. The van der Waals surface area contributed by atoms with Crippen LogP contribution >= 0.6 is 0 Å². The Morgan fingerprint density at radius 1 is 1.12 bits per heavy atom. The zero-order chi connectivity index (χ0) is 18.2. The largest absolute Gasteiger partial charge is 0.504 e. The Morgan fingerprint density at radius 2 is 1.88 bits per heavy atom. The zero-order valence-electron chi connectivity index (χ0n) is 14.3. The summed E-state index contributed by atoms with van der Waals surface area (Å²) in [5, 5.41) is 15.0. The molecule has 0 bridgehead atoms. The molecule has 3 N–H and O–H groups in total. The molecule has 2 aromatic rings. The fraction of sp³-hybridized carbons (Fsp3) is 0.333. The predicted octanol–water partition coefficient (Wildman–Crippen LogP) is 1.89. The van der Waals surface area contributed by atoms with Crippen molar-refractivity contribution in [3.05, 3.63) is 48.4 Å². The second kappa shape index (κ2) is 8.77. The maximum Gasteiger partial charge on any atom is 0.230 e. The third-order valence-corrected chi connectivity index (χ3v) is 3.91. The van der Waals surface area contributed by atoms with E-state index in [4.69, 9.17) is 0 Å². The van der Waals surface area contributed by atoms with Crippen molar-refractivity contribution in [2.24, 2.45) is 5.92 Å². The van der Waals surface area contributed by atoms with E-state index in [1.54, 1.807) is 26.1 Å². The molecule has 2 atom stereocenters. The van der Waals surface area contributed by atoms with Crippen LogP contribution in [0.3, 0.4) is 0 Å². The number of rotatable bonds is 7. The lowest BCUT2D eigenvalue weighted by atomic mass is 10.0. The fourth-order valence-electron chi connectivity index (χ4n) is 2.19. The molecular formula is C18H22N4O3. The van der Waals surface area contributed by atoms with Gasteiger partial charge in [0.25, 0.3) is 0 Å². The summed E-state index contributed by atoms with van der Waals surface area (Å²) in [6.45, 7) is 3.47. The fourth-order valence-corrected chi connectivity index (χ4v) is 2.19. The van der Waals surface area contributed by atoms with Crippen LogP contribution in [-0.2, 0) is 16.0 Å². The van der Waals surface area contributed by atoms with Gasteiger partial charge in [-0.25, -0.2) is 4.98 Å². The van der Waals surface area contributed by atoms with E-state index in [0.29, 0.717) is 12.8 Å². The summed E-state index contributed by atoms with van der Waals surface area (Å²) in [5.74, 6) is -0.951. The van der Waals surface area contributed by atoms with Crippen LogP contribution in [-0.4, -0.2) is 32.9 Å². The highest BCUT2D eigenvalue weighted by atomic mass is 16.3. The minimum absolute atomic E-state index is 0.102. The second-order valence-corrected chi connectivity index (χ2v) is 5.83. The summed E-state index contributed by atoms with van der Waals surface area (Å²) >= 11 is 0. The predicted molar refractivity (Wildman–Crippen MR) is 93.9 cm³/mol. The molecule has 0 aromatic carbocycles. The Kier molecular flexibility index (Phi) is 6.45. The van der Waals surface area contributed by atoms with Crippen molar-refractivity contribution in [2.75, 3.05) is 5.32 Å². The average molecular weight is 342 g/mol. The third-order valence-electron chi connectivity index (χ3n) is 3.91. The summed E-state index contributed by atoms with van der Waals surface area (Å²) in [6, 6.07) is 8.22. The molecule has 0 spiro atoms. The van der Waals surface area contributed by atoms with Crippen molar-refractivity contribution in [3.8, 4) is 5.75 Å². The average Bonchev–Trinajstić information content (AvgIpc) is 2.62. The first kappa shape index (κ1) is 18.4. The first-order valence-electron chi connectivity index (χ1n) is 8.11. The van der Waals surface area contributed by atoms with E-state index >= 15 is 0 Å². The molecule has 25 heavy (non-hydrogen) atoms. The molecule has 2 aromatic heterocycles. The molecule has 7 heteroatoms. The van der Waals surface area contributed by atoms with Crippen LogP contribution in [0.15, 0.2) is 42.7 Å². The molecule has 0 radical (unpaired) electrons. The highest BCUT2D eigenvalue weighted by Gasteiger charge is 2.22. The van der Waals surface area contributed by atoms with Gasteiger partial charge in [0.05, 0.1) is 5.92 Å². The third kappa shape index (κ3) is 5.56. The minimum Gasteiger partial charge on any atom is -0.504 e. The van der Waals surface area contributed by atoms with Gasteiger partial charge in [0.15, 0.2) is 11.6 Å². The highest BCUT2D eigenvalue weighted by molar-refractivity contribution is 5.93. The summed E-state index contributed by atoms with van der Waals surface area (Å²) in [5.41, 5.74) is 0.849. The molecule has 2 heterocycles. The van der Waals surface area contributed by atoms with Gasteiger partial charge in [-0.15, -0.1) is 0 Å². The van der Waals surface area contributed by atoms with Gasteiger partial charge in [-0.3, -0.25) is 14.6 Å². The summed E-state index contributed by atoms with van der Waals surface area (Å²) < 4.78 is 0. The van der Waals surface area contributed by atoms with Crippen molar-refractivity contribution < 1.29 is 14.7 Å². The number of nitrogens with one attached hydrogen (secondary N) is 2. The van der Waals surface area contributed by atoms with Gasteiger partial charge in [0, 0.05) is 30.6 Å². The molecule has 132 valence electrons. The van der Waals surface area contributed by atoms with Crippen molar-refractivity contribution in [1.29, 1.82) is 0 Å². The van der Waals surface area contributed by atoms with Crippen molar-refractivity contribution in [1.82, 2.24) is 15.3 Å². The molecule has 0 aliphatic carbocycles. The van der Waals surface area contributed by atoms with Crippen LogP contribution in [0.4, 0.5) is 5.82 Å². The van der Waals surface area contributed by atoms with Gasteiger partial charge >= 0.3 is 0 Å². The van der Waals surface area contributed by atoms with Crippen LogP contribution in [0.2, 0.25) is 0 Å². The van der Waals surface area contributed by atoms with Crippen molar-refractivity contribution in [3.63, 3.8) is 0 Å². The molecular weight excluding hydrogens is 320 g/mol. The number of nitrogens with zero attached hydrogens (tertiary/aromatic N) is 2. The molecule has 7 nitrogen and oxygen atoms in total. The Hall–Kier alpha value is -2.96. The van der Waals surface area contributed by atoms with Gasteiger partial charge < -0.3 is 15.7 Å². The normalized spacial score (nSPS) is 12.9. The van der Waals surface area contributed by atoms with Crippen LogP contribution in [0.5, 0.6) is 5.75 Å².